The monoisotopic (exact) mass is 242 g/mol. The lowest BCUT2D eigenvalue weighted by Gasteiger charge is -2.32. The highest BCUT2D eigenvalue weighted by atomic mass is 16.5. The molecule has 5 heteroatoms. The zero-order chi connectivity index (χ0) is 12.2. The van der Waals surface area contributed by atoms with E-state index in [0.29, 0.717) is 6.61 Å². The molecule has 1 aliphatic rings. The molecule has 0 saturated carbocycles. The molecule has 3 heterocycles. The minimum absolute atomic E-state index is 0.0104. The first-order valence-electron chi connectivity index (χ1n) is 5.98. The molecule has 1 unspecified atom stereocenters. The predicted molar refractivity (Wildman–Crippen MR) is 67.2 cm³/mol. The van der Waals surface area contributed by atoms with Crippen molar-refractivity contribution in [3.05, 3.63) is 48.5 Å². The minimum Gasteiger partial charge on any atom is -0.368 e. The predicted octanol–water partition coefficient (Wildman–Crippen LogP) is 1.45. The number of nitrogens with zero attached hydrogens (tertiary/aromatic N) is 4. The Kier molecular flexibility index (Phi) is 3.14. The lowest BCUT2D eigenvalue weighted by atomic mass is 10.2. The normalized spacial score (nSPS) is 19.8. The van der Waals surface area contributed by atoms with Gasteiger partial charge in [-0.25, -0.2) is 9.97 Å². The summed E-state index contributed by atoms with van der Waals surface area (Å²) in [4.78, 5) is 15.0. The number of ether oxygens (including phenoxy) is 1. The zero-order valence-corrected chi connectivity index (χ0v) is 9.94. The number of aromatic nitrogens is 3. The van der Waals surface area contributed by atoms with Crippen LogP contribution in [0.3, 0.4) is 0 Å². The van der Waals surface area contributed by atoms with Gasteiger partial charge in [0, 0.05) is 25.1 Å². The average molecular weight is 242 g/mol. The van der Waals surface area contributed by atoms with E-state index < -0.39 is 0 Å². The Morgan fingerprint density at radius 2 is 1.89 bits per heavy atom. The fourth-order valence-corrected chi connectivity index (χ4v) is 2.03. The van der Waals surface area contributed by atoms with Crippen molar-refractivity contribution in [1.82, 2.24) is 15.0 Å². The molecule has 1 aliphatic heterocycles. The first-order valence-corrected chi connectivity index (χ1v) is 5.98. The lowest BCUT2D eigenvalue weighted by molar-refractivity contribution is 0.0365. The maximum absolute atomic E-state index is 5.76. The van der Waals surface area contributed by atoms with Crippen molar-refractivity contribution in [2.24, 2.45) is 0 Å². The molecule has 0 aromatic carbocycles. The summed E-state index contributed by atoms with van der Waals surface area (Å²) in [5.41, 5.74) is 0.957. The summed E-state index contributed by atoms with van der Waals surface area (Å²) >= 11 is 0. The Labute approximate surface area is 105 Å². The Hall–Kier alpha value is -2.01. The third-order valence-electron chi connectivity index (χ3n) is 2.92. The van der Waals surface area contributed by atoms with Crippen LogP contribution >= 0.6 is 0 Å². The van der Waals surface area contributed by atoms with Gasteiger partial charge >= 0.3 is 0 Å². The molecule has 0 aliphatic carbocycles. The van der Waals surface area contributed by atoms with Crippen LogP contribution in [0.15, 0.2) is 42.9 Å². The first-order chi connectivity index (χ1) is 8.93. The second-order valence-electron chi connectivity index (χ2n) is 4.11. The van der Waals surface area contributed by atoms with Gasteiger partial charge in [0.25, 0.3) is 0 Å². The fraction of sp³-hybridized carbons (Fsp3) is 0.308. The molecule has 0 amide bonds. The van der Waals surface area contributed by atoms with Crippen molar-refractivity contribution in [2.45, 2.75) is 6.10 Å². The second kappa shape index (κ2) is 5.10. The number of anilines is 1. The zero-order valence-electron chi connectivity index (χ0n) is 9.94. The van der Waals surface area contributed by atoms with Crippen molar-refractivity contribution >= 4 is 5.95 Å². The molecular formula is C13H14N4O. The van der Waals surface area contributed by atoms with Gasteiger partial charge in [0.1, 0.15) is 6.10 Å². The maximum atomic E-state index is 5.76. The van der Waals surface area contributed by atoms with Crippen molar-refractivity contribution < 1.29 is 4.74 Å². The molecule has 92 valence electrons. The summed E-state index contributed by atoms with van der Waals surface area (Å²) in [5, 5.41) is 0. The maximum Gasteiger partial charge on any atom is 0.225 e. The highest BCUT2D eigenvalue weighted by Crippen LogP contribution is 2.22. The Bertz CT molecular complexity index is 445. The summed E-state index contributed by atoms with van der Waals surface area (Å²) in [7, 11) is 0. The molecule has 3 rings (SSSR count). The van der Waals surface area contributed by atoms with Gasteiger partial charge in [-0.3, -0.25) is 4.98 Å². The summed E-state index contributed by atoms with van der Waals surface area (Å²) in [6, 6.07) is 7.69. The van der Waals surface area contributed by atoms with Gasteiger partial charge in [-0.05, 0) is 18.2 Å². The van der Waals surface area contributed by atoms with Crippen molar-refractivity contribution in [3.8, 4) is 0 Å². The van der Waals surface area contributed by atoms with Crippen molar-refractivity contribution in [1.29, 1.82) is 0 Å². The van der Waals surface area contributed by atoms with Gasteiger partial charge in [-0.15, -0.1) is 0 Å². The molecule has 1 saturated heterocycles. The van der Waals surface area contributed by atoms with Crippen LogP contribution in [0.1, 0.15) is 11.8 Å². The van der Waals surface area contributed by atoms with Gasteiger partial charge in [0.05, 0.1) is 18.8 Å². The molecule has 0 spiro atoms. The van der Waals surface area contributed by atoms with Crippen LogP contribution in [-0.2, 0) is 4.74 Å². The van der Waals surface area contributed by atoms with E-state index in [1.165, 1.54) is 0 Å². The topological polar surface area (TPSA) is 51.1 Å². The Morgan fingerprint density at radius 3 is 2.67 bits per heavy atom. The minimum atomic E-state index is -0.0104. The van der Waals surface area contributed by atoms with Crippen LogP contribution in [0.5, 0.6) is 0 Å². The summed E-state index contributed by atoms with van der Waals surface area (Å²) in [6.45, 7) is 2.22. The number of hydrogen-bond donors (Lipinski definition) is 0. The van der Waals surface area contributed by atoms with E-state index >= 15 is 0 Å². The number of rotatable bonds is 2. The van der Waals surface area contributed by atoms with E-state index in [9.17, 15) is 0 Å². The second-order valence-corrected chi connectivity index (χ2v) is 4.11. The van der Waals surface area contributed by atoms with Gasteiger partial charge in [-0.1, -0.05) is 6.07 Å². The standard InChI is InChI=1S/C13H14N4O/c1-2-5-14-11(4-1)12-10-17(8-9-18-12)13-15-6-3-7-16-13/h1-7,12H,8-10H2. The molecule has 0 bridgehead atoms. The molecule has 18 heavy (non-hydrogen) atoms. The Balaban J connectivity index is 1.77. The van der Waals surface area contributed by atoms with Gasteiger partial charge < -0.3 is 9.64 Å². The fourth-order valence-electron chi connectivity index (χ4n) is 2.03. The number of morpholine rings is 1. The van der Waals surface area contributed by atoms with Crippen molar-refractivity contribution in [2.75, 3.05) is 24.6 Å². The lowest BCUT2D eigenvalue weighted by Crippen LogP contribution is -2.39. The van der Waals surface area contributed by atoms with Crippen LogP contribution < -0.4 is 4.90 Å². The average Bonchev–Trinajstić information content (AvgIpc) is 2.49. The first kappa shape index (κ1) is 11.1. The molecule has 5 nitrogen and oxygen atoms in total. The number of pyridine rings is 1. The molecule has 0 radical (unpaired) electrons. The largest absolute Gasteiger partial charge is 0.368 e. The van der Waals surface area contributed by atoms with Crippen LogP contribution in [0.25, 0.3) is 0 Å². The van der Waals surface area contributed by atoms with Gasteiger partial charge in [-0.2, -0.15) is 0 Å². The smallest absolute Gasteiger partial charge is 0.225 e. The van der Waals surface area contributed by atoms with Gasteiger partial charge in [0.15, 0.2) is 0 Å². The van der Waals surface area contributed by atoms with E-state index in [0.717, 1.165) is 24.7 Å². The highest BCUT2D eigenvalue weighted by Gasteiger charge is 2.24. The summed E-state index contributed by atoms with van der Waals surface area (Å²) in [6.07, 6.45) is 5.29. The molecular weight excluding hydrogens is 228 g/mol. The highest BCUT2D eigenvalue weighted by molar-refractivity contribution is 5.30. The van der Waals surface area contributed by atoms with E-state index in [4.69, 9.17) is 4.74 Å². The molecule has 1 fully saturated rings. The van der Waals surface area contributed by atoms with E-state index in [2.05, 4.69) is 19.9 Å². The summed E-state index contributed by atoms with van der Waals surface area (Å²) in [5.74, 6) is 0.752. The van der Waals surface area contributed by atoms with Crippen LogP contribution in [0.2, 0.25) is 0 Å². The molecule has 0 N–H and O–H groups in total. The Morgan fingerprint density at radius 1 is 1.06 bits per heavy atom. The van der Waals surface area contributed by atoms with Gasteiger partial charge in [0.2, 0.25) is 5.95 Å². The molecule has 2 aromatic heterocycles. The quantitative estimate of drug-likeness (QED) is 0.797. The SMILES string of the molecule is c1ccc(C2CN(c3ncccn3)CCO2)nc1. The molecule has 2 aromatic rings. The number of hydrogen-bond acceptors (Lipinski definition) is 5. The van der Waals surface area contributed by atoms with E-state index in [1.807, 2.05) is 24.3 Å². The summed E-state index contributed by atoms with van der Waals surface area (Å²) < 4.78 is 5.76. The van der Waals surface area contributed by atoms with E-state index in [-0.39, 0.29) is 6.10 Å². The van der Waals surface area contributed by atoms with Crippen LogP contribution in [-0.4, -0.2) is 34.6 Å². The van der Waals surface area contributed by atoms with Crippen LogP contribution in [0, 0.1) is 0 Å². The third kappa shape index (κ3) is 2.31. The van der Waals surface area contributed by atoms with Crippen LogP contribution in [0.4, 0.5) is 5.95 Å². The third-order valence-corrected chi connectivity index (χ3v) is 2.92. The van der Waals surface area contributed by atoms with Crippen molar-refractivity contribution in [3.63, 3.8) is 0 Å². The van der Waals surface area contributed by atoms with E-state index in [1.54, 1.807) is 18.6 Å². The molecule has 1 atom stereocenters.